The van der Waals surface area contributed by atoms with Crippen molar-refractivity contribution < 1.29 is 37.6 Å². The number of ether oxygens (including phenoxy) is 2. The molecule has 0 rings (SSSR count). The maximum atomic E-state index is 12.8. The van der Waals surface area contributed by atoms with Gasteiger partial charge in [0.25, 0.3) is 0 Å². The summed E-state index contributed by atoms with van der Waals surface area (Å²) in [6.45, 7) is 3.67. The van der Waals surface area contributed by atoms with Crippen molar-refractivity contribution in [2.75, 3.05) is 26.4 Å². The second kappa shape index (κ2) is 74.0. The van der Waals surface area contributed by atoms with E-state index in [1.54, 1.807) is 0 Å². The van der Waals surface area contributed by atoms with Gasteiger partial charge in [0.1, 0.15) is 6.61 Å². The molecule has 10 heteroatoms. The van der Waals surface area contributed by atoms with Crippen LogP contribution in [0.2, 0.25) is 0 Å². The Morgan fingerprint density at radius 2 is 0.618 bits per heavy atom. The van der Waals surface area contributed by atoms with Gasteiger partial charge in [-0.3, -0.25) is 18.6 Å². The van der Waals surface area contributed by atoms with E-state index in [2.05, 4.69) is 111 Å². The molecular formula is C79H142NO8P. The molecule has 0 spiro atoms. The number of allylic oxidation sites excluding steroid dienone is 16. The van der Waals surface area contributed by atoms with Crippen LogP contribution in [-0.2, 0) is 32.7 Å². The van der Waals surface area contributed by atoms with Crippen LogP contribution in [0.25, 0.3) is 0 Å². The van der Waals surface area contributed by atoms with Crippen molar-refractivity contribution in [1.29, 1.82) is 0 Å². The summed E-state index contributed by atoms with van der Waals surface area (Å²) in [6.07, 6.45) is 101. The molecule has 0 aliphatic carbocycles. The Bertz CT molecular complexity index is 1780. The van der Waals surface area contributed by atoms with Crippen LogP contribution < -0.4 is 5.73 Å². The van der Waals surface area contributed by atoms with E-state index in [0.29, 0.717) is 6.42 Å². The minimum atomic E-state index is -4.40. The standard InChI is InChI=1S/C79H142NO8P/c1-3-5-7-9-11-13-15-17-19-21-23-25-27-29-31-32-33-34-35-36-37-38-39-40-41-42-43-44-46-48-50-52-54-56-58-60-62-64-66-68-70-72-79(82)88-77(76-87-89(83,84)86-74-73-80)75-85-78(81)71-69-67-65-63-61-59-57-55-53-51-49-47-45-30-28-26-24-22-20-18-16-14-12-10-8-6-4-2/h5,7,11,13,16-19,22-25,29,31,33-34,77H,3-4,6,8-10,12,14-15,20-21,26-28,30,32,35-76,80H2,1-2H3,(H,83,84)/b7-5-,13-11-,18-16-,19-17-,24-22-,25-23-,31-29-,34-33-. The van der Waals surface area contributed by atoms with Gasteiger partial charge >= 0.3 is 19.8 Å². The Hall–Kier alpha value is -3.07. The monoisotopic (exact) mass is 1260 g/mol. The van der Waals surface area contributed by atoms with E-state index >= 15 is 0 Å². The smallest absolute Gasteiger partial charge is 0.462 e. The van der Waals surface area contributed by atoms with Crippen LogP contribution in [0, 0.1) is 0 Å². The van der Waals surface area contributed by atoms with Gasteiger partial charge in [-0.2, -0.15) is 0 Å². The zero-order valence-corrected chi connectivity index (χ0v) is 59.1. The third-order valence-electron chi connectivity index (χ3n) is 16.5. The minimum absolute atomic E-state index is 0.0531. The topological polar surface area (TPSA) is 134 Å². The Labute approximate surface area is 550 Å². The predicted octanol–water partition coefficient (Wildman–Crippen LogP) is 25.1. The lowest BCUT2D eigenvalue weighted by molar-refractivity contribution is -0.161. The van der Waals surface area contributed by atoms with E-state index in [-0.39, 0.29) is 38.6 Å². The van der Waals surface area contributed by atoms with Crippen molar-refractivity contribution in [3.05, 3.63) is 97.2 Å². The number of carbonyl (C=O) groups is 2. The van der Waals surface area contributed by atoms with Crippen LogP contribution >= 0.6 is 7.82 Å². The van der Waals surface area contributed by atoms with Crippen molar-refractivity contribution in [2.24, 2.45) is 5.73 Å². The third-order valence-corrected chi connectivity index (χ3v) is 17.4. The number of phosphoric acid groups is 1. The maximum absolute atomic E-state index is 12.8. The normalized spacial score (nSPS) is 13.4. The van der Waals surface area contributed by atoms with Gasteiger partial charge in [0.05, 0.1) is 13.2 Å². The summed E-state index contributed by atoms with van der Waals surface area (Å²) in [5.41, 5.74) is 5.41. The number of hydrogen-bond donors (Lipinski definition) is 2. The first-order valence-corrected chi connectivity index (χ1v) is 39.2. The molecule has 0 fully saturated rings. The highest BCUT2D eigenvalue weighted by Gasteiger charge is 2.26. The number of esters is 2. The van der Waals surface area contributed by atoms with Crippen molar-refractivity contribution in [1.82, 2.24) is 0 Å². The quantitative estimate of drug-likeness (QED) is 0.0264. The summed E-state index contributed by atoms with van der Waals surface area (Å²) in [7, 11) is -4.40. The molecule has 3 N–H and O–H groups in total. The predicted molar refractivity (Wildman–Crippen MR) is 385 cm³/mol. The first-order valence-electron chi connectivity index (χ1n) is 37.7. The molecule has 89 heavy (non-hydrogen) atoms. The van der Waals surface area contributed by atoms with Crippen molar-refractivity contribution in [2.45, 2.75) is 367 Å². The number of phosphoric ester groups is 1. The lowest BCUT2D eigenvalue weighted by Crippen LogP contribution is -2.29. The summed E-state index contributed by atoms with van der Waals surface area (Å²) in [5.74, 6) is -0.812. The highest BCUT2D eigenvalue weighted by atomic mass is 31.2. The van der Waals surface area contributed by atoms with Crippen LogP contribution in [-0.4, -0.2) is 49.3 Å². The van der Waals surface area contributed by atoms with Gasteiger partial charge in [0.2, 0.25) is 0 Å². The zero-order valence-electron chi connectivity index (χ0n) is 58.2. The van der Waals surface area contributed by atoms with Gasteiger partial charge in [-0.05, 0) is 96.3 Å². The van der Waals surface area contributed by atoms with Crippen LogP contribution in [0.1, 0.15) is 361 Å². The van der Waals surface area contributed by atoms with Crippen molar-refractivity contribution >= 4 is 19.8 Å². The average Bonchev–Trinajstić information content (AvgIpc) is 3.58. The van der Waals surface area contributed by atoms with E-state index < -0.39 is 26.5 Å². The zero-order chi connectivity index (χ0) is 64.4. The lowest BCUT2D eigenvalue weighted by atomic mass is 10.0. The molecule has 0 saturated heterocycles. The summed E-state index contributed by atoms with van der Waals surface area (Å²) in [5, 5.41) is 0. The molecule has 0 bridgehead atoms. The fourth-order valence-corrected chi connectivity index (χ4v) is 11.7. The first kappa shape index (κ1) is 85.9. The fraction of sp³-hybridized carbons (Fsp3) is 0.772. The van der Waals surface area contributed by atoms with E-state index in [1.807, 2.05) is 0 Å². The molecule has 0 radical (unpaired) electrons. The third kappa shape index (κ3) is 73.9. The number of hydrogen-bond acceptors (Lipinski definition) is 8. The molecule has 0 aromatic carbocycles. The molecule has 0 heterocycles. The molecule has 0 saturated carbocycles. The molecule has 0 aliphatic heterocycles. The number of unbranched alkanes of at least 4 members (excludes halogenated alkanes) is 42. The van der Waals surface area contributed by atoms with E-state index in [1.165, 1.54) is 250 Å². The molecule has 0 amide bonds. The first-order chi connectivity index (χ1) is 43.8. The number of nitrogens with two attached hydrogens (primary N) is 1. The Morgan fingerprint density at radius 1 is 0.348 bits per heavy atom. The highest BCUT2D eigenvalue weighted by molar-refractivity contribution is 7.47. The van der Waals surface area contributed by atoms with Gasteiger partial charge in [0.15, 0.2) is 6.10 Å². The summed E-state index contributed by atoms with van der Waals surface area (Å²) in [4.78, 5) is 35.4. The molecule has 0 aliphatic rings. The van der Waals surface area contributed by atoms with E-state index in [0.717, 1.165) is 77.0 Å². The molecule has 516 valence electrons. The van der Waals surface area contributed by atoms with E-state index in [4.69, 9.17) is 24.3 Å². The van der Waals surface area contributed by atoms with Gasteiger partial charge in [-0.15, -0.1) is 0 Å². The minimum Gasteiger partial charge on any atom is -0.462 e. The summed E-state index contributed by atoms with van der Waals surface area (Å²) < 4.78 is 33.2. The van der Waals surface area contributed by atoms with Crippen LogP contribution in [0.4, 0.5) is 0 Å². The second-order valence-corrected chi connectivity index (χ2v) is 26.6. The fourth-order valence-electron chi connectivity index (χ4n) is 10.9. The van der Waals surface area contributed by atoms with E-state index in [9.17, 15) is 19.0 Å². The maximum Gasteiger partial charge on any atom is 0.472 e. The van der Waals surface area contributed by atoms with Gasteiger partial charge < -0.3 is 20.1 Å². The molecule has 2 atom stereocenters. The van der Waals surface area contributed by atoms with Crippen LogP contribution in [0.3, 0.4) is 0 Å². The largest absolute Gasteiger partial charge is 0.472 e. The van der Waals surface area contributed by atoms with Crippen molar-refractivity contribution in [3.8, 4) is 0 Å². The van der Waals surface area contributed by atoms with Gasteiger partial charge in [-0.25, -0.2) is 4.57 Å². The molecule has 0 aromatic rings. The molecule has 0 aromatic heterocycles. The Balaban J connectivity index is 3.80. The number of rotatable bonds is 71. The van der Waals surface area contributed by atoms with Crippen LogP contribution in [0.15, 0.2) is 97.2 Å². The van der Waals surface area contributed by atoms with Gasteiger partial charge in [0, 0.05) is 19.4 Å². The summed E-state index contributed by atoms with van der Waals surface area (Å²) >= 11 is 0. The Kier molecular flexibility index (Phi) is 71.4. The summed E-state index contributed by atoms with van der Waals surface area (Å²) in [6, 6.07) is 0. The highest BCUT2D eigenvalue weighted by Crippen LogP contribution is 2.43. The van der Waals surface area contributed by atoms with Crippen LogP contribution in [0.5, 0.6) is 0 Å². The van der Waals surface area contributed by atoms with Crippen molar-refractivity contribution in [3.63, 3.8) is 0 Å². The molecule has 9 nitrogen and oxygen atoms in total. The van der Waals surface area contributed by atoms with Gasteiger partial charge in [-0.1, -0.05) is 349 Å². The SMILES string of the molecule is CC/C=C\C/C=C\C/C=C\C/C=C\C/C=C\C/C=C\CCCCCCCCCCCCCCCCCCCCCCCCC(=O)OC(COC(=O)CCCCCCCCCCCCCCCCC/C=C\C/C=C\CCCCCCC)COP(=O)(O)OCCN. The second-order valence-electron chi connectivity index (χ2n) is 25.1. The molecular weight excluding hydrogens is 1120 g/mol. The average molecular weight is 1260 g/mol. The Morgan fingerprint density at radius 3 is 0.921 bits per heavy atom. The lowest BCUT2D eigenvalue weighted by Gasteiger charge is -2.19. The number of carbonyl (C=O) groups excluding carboxylic acids is 2. The molecule has 2 unspecified atom stereocenters.